The van der Waals surface area contributed by atoms with E-state index in [-0.39, 0.29) is 10.7 Å². The van der Waals surface area contributed by atoms with Crippen molar-refractivity contribution in [2.75, 3.05) is 13.1 Å². The molecule has 18 heavy (non-hydrogen) atoms. The van der Waals surface area contributed by atoms with Gasteiger partial charge >= 0.3 is 0 Å². The van der Waals surface area contributed by atoms with Crippen molar-refractivity contribution in [3.05, 3.63) is 17.8 Å². The molecule has 0 spiro atoms. The maximum absolute atomic E-state index is 11.4. The normalized spacial score (nSPS) is 12.0. The monoisotopic (exact) mass is 290 g/mol. The molecule has 1 heterocycles. The summed E-state index contributed by atoms with van der Waals surface area (Å²) in [4.78, 5) is 3.90. The summed E-state index contributed by atoms with van der Waals surface area (Å²) in [5, 5.41) is 9.45. The van der Waals surface area contributed by atoms with Crippen LogP contribution in [0.4, 0.5) is 5.82 Å². The van der Waals surface area contributed by atoms with E-state index >= 15 is 0 Å². The molecular formula is C10H15ClN4O2S. The van der Waals surface area contributed by atoms with Gasteiger partial charge in [0.05, 0.1) is 0 Å². The van der Waals surface area contributed by atoms with Gasteiger partial charge in [-0.15, -0.1) is 5.11 Å². The summed E-state index contributed by atoms with van der Waals surface area (Å²) in [5.41, 5.74) is 0.646. The highest BCUT2D eigenvalue weighted by molar-refractivity contribution is 8.13. The molecule has 0 aliphatic rings. The fourth-order valence-electron chi connectivity index (χ4n) is 1.25. The van der Waals surface area contributed by atoms with E-state index in [1.54, 1.807) is 18.0 Å². The van der Waals surface area contributed by atoms with Gasteiger partial charge in [0.15, 0.2) is 5.82 Å². The largest absolute Gasteiger partial charge is 0.279 e. The standard InChI is InChI=1S/C10H15ClN4O2S/c1-4-15(5-2)14-13-10-9(18(11,16)17)7-6-8(3)12-10/h6-7H,4-5H2,1-3H3/b14-13+. The van der Waals surface area contributed by atoms with Crippen LogP contribution in [0.15, 0.2) is 27.4 Å². The lowest BCUT2D eigenvalue weighted by Crippen LogP contribution is -2.14. The van der Waals surface area contributed by atoms with E-state index < -0.39 is 9.05 Å². The molecule has 6 nitrogen and oxygen atoms in total. The first-order chi connectivity index (χ1) is 8.38. The minimum atomic E-state index is -3.87. The number of aromatic nitrogens is 1. The van der Waals surface area contributed by atoms with Crippen molar-refractivity contribution in [1.82, 2.24) is 9.99 Å². The lowest BCUT2D eigenvalue weighted by atomic mass is 10.4. The first-order valence-corrected chi connectivity index (χ1v) is 7.78. The van der Waals surface area contributed by atoms with E-state index in [1.165, 1.54) is 6.07 Å². The Labute approximate surface area is 111 Å². The van der Waals surface area contributed by atoms with Gasteiger partial charge in [0, 0.05) is 29.5 Å². The second kappa shape index (κ2) is 6.10. The maximum atomic E-state index is 11.4. The second-order valence-electron chi connectivity index (χ2n) is 3.54. The van der Waals surface area contributed by atoms with Gasteiger partial charge in [0.2, 0.25) is 0 Å². The molecule has 0 unspecified atom stereocenters. The molecule has 0 radical (unpaired) electrons. The summed E-state index contributed by atoms with van der Waals surface area (Å²) in [6.07, 6.45) is 0. The fourth-order valence-corrected chi connectivity index (χ4v) is 2.14. The molecule has 0 N–H and O–H groups in total. The van der Waals surface area contributed by atoms with E-state index in [2.05, 4.69) is 15.3 Å². The molecule has 1 aromatic rings. The van der Waals surface area contributed by atoms with Crippen LogP contribution >= 0.6 is 10.7 Å². The summed E-state index contributed by atoms with van der Waals surface area (Å²) in [6.45, 7) is 6.93. The van der Waals surface area contributed by atoms with Gasteiger partial charge in [-0.3, -0.25) is 5.01 Å². The molecule has 0 bridgehead atoms. The predicted octanol–water partition coefficient (Wildman–Crippen LogP) is 2.66. The molecule has 0 aliphatic heterocycles. The van der Waals surface area contributed by atoms with Gasteiger partial charge in [-0.2, -0.15) is 0 Å². The molecule has 0 aromatic carbocycles. The Kier molecular flexibility index (Phi) is 5.03. The van der Waals surface area contributed by atoms with Crippen LogP contribution in [0.3, 0.4) is 0 Å². The van der Waals surface area contributed by atoms with Gasteiger partial charge in [0.1, 0.15) is 4.90 Å². The summed E-state index contributed by atoms with van der Waals surface area (Å²) in [6, 6.07) is 2.94. The number of pyridine rings is 1. The van der Waals surface area contributed by atoms with Crippen LogP contribution in [0.1, 0.15) is 19.5 Å². The Morgan fingerprint density at radius 3 is 2.44 bits per heavy atom. The first kappa shape index (κ1) is 14.8. The van der Waals surface area contributed by atoms with Crippen LogP contribution in [0.5, 0.6) is 0 Å². The van der Waals surface area contributed by atoms with Crippen molar-refractivity contribution < 1.29 is 8.42 Å². The topological polar surface area (TPSA) is 75.0 Å². The third-order valence-electron chi connectivity index (χ3n) is 2.24. The first-order valence-electron chi connectivity index (χ1n) is 5.47. The Balaban J connectivity index is 3.19. The van der Waals surface area contributed by atoms with Gasteiger partial charge < -0.3 is 0 Å². The summed E-state index contributed by atoms with van der Waals surface area (Å²) >= 11 is 0. The SMILES string of the molecule is CCN(CC)/N=N/c1nc(C)ccc1S(=O)(=O)Cl. The number of hydrogen-bond acceptors (Lipinski definition) is 5. The quantitative estimate of drug-likeness (QED) is 0.475. The van der Waals surface area contributed by atoms with Gasteiger partial charge in [-0.1, -0.05) is 5.22 Å². The minimum Gasteiger partial charge on any atom is -0.279 e. The van der Waals surface area contributed by atoms with Crippen molar-refractivity contribution in [2.24, 2.45) is 10.3 Å². The number of hydrogen-bond donors (Lipinski definition) is 0. The average molecular weight is 291 g/mol. The maximum Gasteiger partial charge on any atom is 0.265 e. The summed E-state index contributed by atoms with van der Waals surface area (Å²) in [5.74, 6) is 0.0110. The third-order valence-corrected chi connectivity index (χ3v) is 3.58. The van der Waals surface area contributed by atoms with Crippen LogP contribution in [-0.4, -0.2) is 31.5 Å². The highest BCUT2D eigenvalue weighted by atomic mass is 35.7. The molecule has 0 saturated heterocycles. The number of halogens is 1. The van der Waals surface area contributed by atoms with Gasteiger partial charge in [-0.25, -0.2) is 13.4 Å². The third kappa shape index (κ3) is 3.92. The number of rotatable bonds is 5. The van der Waals surface area contributed by atoms with Crippen LogP contribution in [0.2, 0.25) is 0 Å². The van der Waals surface area contributed by atoms with Crippen molar-refractivity contribution >= 4 is 25.6 Å². The zero-order valence-electron chi connectivity index (χ0n) is 10.5. The van der Waals surface area contributed by atoms with E-state index in [9.17, 15) is 8.42 Å². The van der Waals surface area contributed by atoms with E-state index in [4.69, 9.17) is 10.7 Å². The van der Waals surface area contributed by atoms with Crippen molar-refractivity contribution in [3.8, 4) is 0 Å². The highest BCUT2D eigenvalue weighted by Crippen LogP contribution is 2.25. The van der Waals surface area contributed by atoms with Crippen LogP contribution < -0.4 is 0 Å². The number of aryl methyl sites for hydroxylation is 1. The summed E-state index contributed by atoms with van der Waals surface area (Å²) < 4.78 is 22.7. The highest BCUT2D eigenvalue weighted by Gasteiger charge is 2.17. The molecular weight excluding hydrogens is 276 g/mol. The van der Waals surface area contributed by atoms with E-state index in [0.717, 1.165) is 0 Å². The molecule has 8 heteroatoms. The Morgan fingerprint density at radius 2 is 1.94 bits per heavy atom. The molecule has 0 aliphatic carbocycles. The fraction of sp³-hybridized carbons (Fsp3) is 0.500. The zero-order valence-corrected chi connectivity index (χ0v) is 12.0. The molecule has 0 saturated carbocycles. The van der Waals surface area contributed by atoms with E-state index in [0.29, 0.717) is 18.8 Å². The molecule has 100 valence electrons. The molecule has 0 fully saturated rings. The van der Waals surface area contributed by atoms with Crippen molar-refractivity contribution in [3.63, 3.8) is 0 Å². The number of nitrogens with zero attached hydrogens (tertiary/aromatic N) is 4. The van der Waals surface area contributed by atoms with Crippen molar-refractivity contribution in [2.45, 2.75) is 25.7 Å². The lowest BCUT2D eigenvalue weighted by Gasteiger charge is -2.11. The molecule has 0 amide bonds. The molecule has 0 atom stereocenters. The molecule has 1 aromatic heterocycles. The summed E-state index contributed by atoms with van der Waals surface area (Å²) in [7, 11) is 1.44. The average Bonchev–Trinajstić information content (AvgIpc) is 2.28. The second-order valence-corrected chi connectivity index (χ2v) is 6.07. The van der Waals surface area contributed by atoms with Gasteiger partial charge in [-0.05, 0) is 32.9 Å². The smallest absolute Gasteiger partial charge is 0.265 e. The van der Waals surface area contributed by atoms with Gasteiger partial charge in [0.25, 0.3) is 9.05 Å². The lowest BCUT2D eigenvalue weighted by molar-refractivity contribution is 0.300. The zero-order chi connectivity index (χ0) is 13.8. The van der Waals surface area contributed by atoms with Crippen molar-refractivity contribution in [1.29, 1.82) is 0 Å². The Bertz CT molecular complexity index is 541. The molecule has 1 rings (SSSR count). The Morgan fingerprint density at radius 1 is 1.33 bits per heavy atom. The van der Waals surface area contributed by atoms with E-state index in [1.807, 2.05) is 13.8 Å². The predicted molar refractivity (Wildman–Crippen MR) is 69.4 cm³/mol. The van der Waals surface area contributed by atoms with Crippen LogP contribution in [0.25, 0.3) is 0 Å². The van der Waals surface area contributed by atoms with Crippen LogP contribution in [-0.2, 0) is 9.05 Å². The Hall–Kier alpha value is -1.21. The van der Waals surface area contributed by atoms with Crippen LogP contribution in [0, 0.1) is 6.92 Å². The minimum absolute atomic E-state index is 0.0110.